The van der Waals surface area contributed by atoms with Crippen LogP contribution in [0.4, 0.5) is 13.2 Å². The van der Waals surface area contributed by atoms with Crippen LogP contribution >= 0.6 is 23.2 Å². The number of nitrogen functional groups attached to an aromatic ring is 1. The molecule has 3 aromatic rings. The van der Waals surface area contributed by atoms with Crippen molar-refractivity contribution >= 4 is 35.0 Å². The molecule has 0 aliphatic heterocycles. The number of benzene rings is 1. The first-order chi connectivity index (χ1) is 14.5. The lowest BCUT2D eigenvalue weighted by molar-refractivity contribution is -0.140. The summed E-state index contributed by atoms with van der Waals surface area (Å²) in [6.45, 7) is 1.41. The number of alkyl halides is 3. The first kappa shape index (κ1) is 22.5. The largest absolute Gasteiger partial charge is 0.435 e. The van der Waals surface area contributed by atoms with Crippen LogP contribution in [0.1, 0.15) is 32.1 Å². The third kappa shape index (κ3) is 4.07. The molecule has 0 unspecified atom stereocenters. The van der Waals surface area contributed by atoms with Gasteiger partial charge in [-0.15, -0.1) is 0 Å². The van der Waals surface area contributed by atoms with Crippen molar-refractivity contribution in [1.82, 2.24) is 20.2 Å². The molecule has 0 radical (unpaired) electrons. The molecule has 2 amide bonds. The molecule has 13 heteroatoms. The molecule has 31 heavy (non-hydrogen) atoms. The Balaban J connectivity index is 2.54. The zero-order chi connectivity index (χ0) is 23.1. The highest BCUT2D eigenvalue weighted by atomic mass is 35.5. The van der Waals surface area contributed by atoms with Crippen LogP contribution in [0, 0.1) is 6.92 Å². The normalized spacial score (nSPS) is 11.5. The molecule has 1 aromatic carbocycles. The van der Waals surface area contributed by atoms with Crippen molar-refractivity contribution in [3.8, 4) is 16.9 Å². The fourth-order valence-corrected chi connectivity index (χ4v) is 3.57. The molecule has 0 aliphatic carbocycles. The van der Waals surface area contributed by atoms with Crippen LogP contribution in [0.15, 0.2) is 30.5 Å². The molecular weight excluding hydrogens is 460 g/mol. The monoisotopic (exact) mass is 472 g/mol. The average Bonchev–Trinajstić information content (AvgIpc) is 3.07. The highest BCUT2D eigenvalue weighted by Crippen LogP contribution is 2.42. The van der Waals surface area contributed by atoms with Crippen LogP contribution in [0.25, 0.3) is 16.9 Å². The summed E-state index contributed by atoms with van der Waals surface area (Å²) in [7, 11) is 0. The lowest BCUT2D eigenvalue weighted by Crippen LogP contribution is -2.31. The number of aryl methyl sites for hydroxylation is 1. The van der Waals surface area contributed by atoms with Gasteiger partial charge >= 0.3 is 6.18 Å². The maximum Gasteiger partial charge on any atom is 0.435 e. The average molecular weight is 473 g/mol. The quantitative estimate of drug-likeness (QED) is 0.304. The molecule has 0 fully saturated rings. The Kier molecular flexibility index (Phi) is 5.94. The summed E-state index contributed by atoms with van der Waals surface area (Å²) < 4.78 is 42.6. The van der Waals surface area contributed by atoms with E-state index in [1.54, 1.807) is 0 Å². The molecule has 2 aromatic heterocycles. The molecule has 162 valence electrons. The van der Waals surface area contributed by atoms with Crippen molar-refractivity contribution in [2.45, 2.75) is 13.1 Å². The highest BCUT2D eigenvalue weighted by molar-refractivity contribution is 6.32. The van der Waals surface area contributed by atoms with Gasteiger partial charge in [0.15, 0.2) is 11.5 Å². The second kappa shape index (κ2) is 8.17. The minimum Gasteiger partial charge on any atom is -0.364 e. The molecule has 0 atom stereocenters. The van der Waals surface area contributed by atoms with Gasteiger partial charge in [-0.1, -0.05) is 23.2 Å². The summed E-state index contributed by atoms with van der Waals surface area (Å²) in [6.07, 6.45) is -3.78. The van der Waals surface area contributed by atoms with Gasteiger partial charge < -0.3 is 5.73 Å². The lowest BCUT2D eigenvalue weighted by atomic mass is 9.92. The van der Waals surface area contributed by atoms with E-state index in [1.807, 2.05) is 5.43 Å². The van der Waals surface area contributed by atoms with Crippen molar-refractivity contribution < 1.29 is 22.8 Å². The van der Waals surface area contributed by atoms with E-state index in [9.17, 15) is 22.8 Å². The van der Waals surface area contributed by atoms with Gasteiger partial charge in [-0.05, 0) is 36.8 Å². The minimum atomic E-state index is -5.03. The molecule has 0 bridgehead atoms. The highest BCUT2D eigenvalue weighted by Gasteiger charge is 2.42. The van der Waals surface area contributed by atoms with Gasteiger partial charge in [0.25, 0.3) is 11.8 Å². The van der Waals surface area contributed by atoms with Gasteiger partial charge in [0.1, 0.15) is 5.69 Å². The topological polar surface area (TPSA) is 129 Å². The number of aromatic nitrogens is 3. The summed E-state index contributed by atoms with van der Waals surface area (Å²) >= 11 is 12.0. The Hall–Kier alpha value is -3.15. The van der Waals surface area contributed by atoms with E-state index in [0.717, 1.165) is 6.07 Å². The fraction of sp³-hybridized carbons (Fsp3) is 0.111. The molecule has 0 saturated heterocycles. The van der Waals surface area contributed by atoms with Crippen molar-refractivity contribution in [3.63, 3.8) is 0 Å². The summed E-state index contributed by atoms with van der Waals surface area (Å²) in [4.78, 5) is 28.6. The molecule has 0 spiro atoms. The predicted molar refractivity (Wildman–Crippen MR) is 107 cm³/mol. The summed E-state index contributed by atoms with van der Waals surface area (Å²) in [6, 6.07) is 5.23. The van der Waals surface area contributed by atoms with Crippen LogP contribution < -0.4 is 17.0 Å². The number of nitrogens with zero attached hydrogens (tertiary/aromatic N) is 3. The third-order valence-electron chi connectivity index (χ3n) is 4.25. The Morgan fingerprint density at radius 1 is 1.19 bits per heavy atom. The molecule has 5 N–H and O–H groups in total. The zero-order valence-electron chi connectivity index (χ0n) is 15.6. The second-order valence-corrected chi connectivity index (χ2v) is 7.12. The number of amides is 2. The maximum absolute atomic E-state index is 14.0. The number of pyridine rings is 1. The number of nitrogens with two attached hydrogens (primary N) is 2. The van der Waals surface area contributed by atoms with Crippen LogP contribution in [0.5, 0.6) is 0 Å². The standard InChI is InChI=1S/C18H13Cl2F3N6O2/c1-7-5-8(19)6-9(17(31)27-25)11(7)12-13(15(24)30)29(28-14(12)18(21,22)23)16-10(20)3-2-4-26-16/h2-6H,25H2,1H3,(H2,24,30)(H,27,31). The number of primary amides is 1. The molecule has 3 rings (SSSR count). The fourth-order valence-electron chi connectivity index (χ4n) is 3.10. The van der Waals surface area contributed by atoms with Gasteiger partial charge in [0.05, 0.1) is 10.6 Å². The van der Waals surface area contributed by atoms with E-state index >= 15 is 0 Å². The maximum atomic E-state index is 14.0. The Morgan fingerprint density at radius 2 is 1.87 bits per heavy atom. The summed E-state index contributed by atoms with van der Waals surface area (Å²) in [5.41, 5.74) is 3.97. The van der Waals surface area contributed by atoms with Crippen LogP contribution in [-0.2, 0) is 6.18 Å². The number of hydrazine groups is 1. The number of hydrogen-bond donors (Lipinski definition) is 3. The first-order valence-corrected chi connectivity index (χ1v) is 9.15. The number of nitrogens with one attached hydrogen (secondary N) is 1. The number of rotatable bonds is 4. The summed E-state index contributed by atoms with van der Waals surface area (Å²) in [5, 5.41) is 3.53. The summed E-state index contributed by atoms with van der Waals surface area (Å²) in [5.74, 6) is 2.73. The lowest BCUT2D eigenvalue weighted by Gasteiger charge is -2.15. The molecular formula is C18H13Cl2F3N6O2. The van der Waals surface area contributed by atoms with Crippen molar-refractivity contribution in [2.24, 2.45) is 11.6 Å². The van der Waals surface area contributed by atoms with Gasteiger partial charge in [-0.3, -0.25) is 15.0 Å². The van der Waals surface area contributed by atoms with E-state index < -0.39 is 34.9 Å². The number of carbonyl (C=O) groups is 2. The smallest absolute Gasteiger partial charge is 0.364 e. The van der Waals surface area contributed by atoms with Crippen LogP contribution in [-0.4, -0.2) is 26.6 Å². The first-order valence-electron chi connectivity index (χ1n) is 8.39. The Morgan fingerprint density at radius 3 is 2.42 bits per heavy atom. The van der Waals surface area contributed by atoms with E-state index in [2.05, 4.69) is 10.1 Å². The van der Waals surface area contributed by atoms with Gasteiger partial charge in [0.2, 0.25) is 0 Å². The van der Waals surface area contributed by atoms with E-state index in [0.29, 0.717) is 4.68 Å². The molecule has 0 aliphatic rings. The Labute approximate surface area is 182 Å². The Bertz CT molecular complexity index is 1210. The van der Waals surface area contributed by atoms with Crippen molar-refractivity contribution in [2.75, 3.05) is 0 Å². The third-order valence-corrected chi connectivity index (χ3v) is 4.77. The van der Waals surface area contributed by atoms with E-state index in [1.165, 1.54) is 31.3 Å². The van der Waals surface area contributed by atoms with Crippen LogP contribution in [0.2, 0.25) is 10.0 Å². The van der Waals surface area contributed by atoms with Gasteiger partial charge in [-0.25, -0.2) is 15.5 Å². The van der Waals surface area contributed by atoms with Crippen LogP contribution in [0.3, 0.4) is 0 Å². The van der Waals surface area contributed by atoms with Gasteiger partial charge in [-0.2, -0.15) is 18.3 Å². The van der Waals surface area contributed by atoms with E-state index in [-0.39, 0.29) is 32.6 Å². The zero-order valence-corrected chi connectivity index (χ0v) is 17.1. The van der Waals surface area contributed by atoms with Gasteiger partial charge in [0, 0.05) is 22.3 Å². The molecule has 8 nitrogen and oxygen atoms in total. The van der Waals surface area contributed by atoms with Crippen molar-refractivity contribution in [3.05, 3.63) is 63.0 Å². The number of halogens is 5. The predicted octanol–water partition coefficient (Wildman–Crippen LogP) is 3.27. The van der Waals surface area contributed by atoms with E-state index in [4.69, 9.17) is 34.8 Å². The van der Waals surface area contributed by atoms with Crippen molar-refractivity contribution in [1.29, 1.82) is 0 Å². The second-order valence-electron chi connectivity index (χ2n) is 6.27. The number of hydrogen-bond acceptors (Lipinski definition) is 5. The molecule has 2 heterocycles. The SMILES string of the molecule is Cc1cc(Cl)cc(C(=O)NN)c1-c1c(C(F)(F)F)nn(-c2ncccc2Cl)c1C(N)=O. The number of carbonyl (C=O) groups excluding carboxylic acids is 2. The molecule has 0 saturated carbocycles. The minimum absolute atomic E-state index is 0.0641.